The SMILES string of the molecule is CC.CCCCCCO/C(C)=N/S/N=C(\C)CC1CC[N+](C)(COCC(=O)N2CCCCCC2)CC1. The van der Waals surface area contributed by atoms with E-state index in [-0.39, 0.29) is 12.5 Å². The summed E-state index contributed by atoms with van der Waals surface area (Å²) in [5, 5.41) is 0. The molecular formula is C28H55N4O3S+. The molecule has 210 valence electrons. The molecule has 36 heavy (non-hydrogen) atoms. The first-order valence-electron chi connectivity index (χ1n) is 14.5. The maximum Gasteiger partial charge on any atom is 0.248 e. The van der Waals surface area contributed by atoms with Crippen LogP contribution >= 0.6 is 12.1 Å². The number of hydrogen-bond donors (Lipinski definition) is 0. The van der Waals surface area contributed by atoms with E-state index in [1.807, 2.05) is 25.7 Å². The number of quaternary nitrogens is 1. The van der Waals surface area contributed by atoms with Crippen molar-refractivity contribution in [3.8, 4) is 0 Å². The Kier molecular flexibility index (Phi) is 18.2. The van der Waals surface area contributed by atoms with E-state index < -0.39 is 0 Å². The van der Waals surface area contributed by atoms with Gasteiger partial charge in [-0.1, -0.05) is 52.9 Å². The molecule has 0 bridgehead atoms. The number of ether oxygens (including phenoxy) is 2. The van der Waals surface area contributed by atoms with Crippen molar-refractivity contribution in [3.63, 3.8) is 0 Å². The summed E-state index contributed by atoms with van der Waals surface area (Å²) in [6.07, 6.45) is 12.9. The second-order valence-corrected chi connectivity index (χ2v) is 10.9. The average Bonchev–Trinajstić information content (AvgIpc) is 3.16. The van der Waals surface area contributed by atoms with Crippen LogP contribution in [-0.4, -0.2) is 80.1 Å². The van der Waals surface area contributed by atoms with Crippen LogP contribution in [0.25, 0.3) is 0 Å². The van der Waals surface area contributed by atoms with Crippen molar-refractivity contribution in [2.24, 2.45) is 14.7 Å². The quantitative estimate of drug-likeness (QED) is 0.0881. The molecule has 0 aliphatic carbocycles. The minimum absolute atomic E-state index is 0.160. The van der Waals surface area contributed by atoms with Crippen molar-refractivity contribution in [1.82, 2.24) is 4.90 Å². The molecule has 0 radical (unpaired) electrons. The number of carbonyl (C=O) groups is 1. The van der Waals surface area contributed by atoms with E-state index in [9.17, 15) is 4.79 Å². The molecule has 2 rings (SSSR count). The van der Waals surface area contributed by atoms with Crippen LogP contribution in [0.4, 0.5) is 0 Å². The first kappa shape index (κ1) is 32.9. The topological polar surface area (TPSA) is 63.5 Å². The summed E-state index contributed by atoms with van der Waals surface area (Å²) in [5.41, 5.74) is 1.14. The van der Waals surface area contributed by atoms with Gasteiger partial charge in [-0.15, -0.1) is 0 Å². The Labute approximate surface area is 226 Å². The molecule has 7 nitrogen and oxygen atoms in total. The van der Waals surface area contributed by atoms with Crippen LogP contribution in [0, 0.1) is 5.92 Å². The van der Waals surface area contributed by atoms with Crippen molar-refractivity contribution in [2.45, 2.75) is 105 Å². The summed E-state index contributed by atoms with van der Waals surface area (Å²) in [5.74, 6) is 1.53. The van der Waals surface area contributed by atoms with E-state index in [1.54, 1.807) is 0 Å². The van der Waals surface area contributed by atoms with Crippen molar-refractivity contribution >= 4 is 29.7 Å². The van der Waals surface area contributed by atoms with Gasteiger partial charge in [-0.05, 0) is 38.5 Å². The van der Waals surface area contributed by atoms with Gasteiger partial charge in [0.15, 0.2) is 12.6 Å². The van der Waals surface area contributed by atoms with Gasteiger partial charge in [-0.3, -0.25) is 4.79 Å². The number of rotatable bonds is 13. The van der Waals surface area contributed by atoms with Gasteiger partial charge in [0.1, 0.15) is 18.7 Å². The highest BCUT2D eigenvalue weighted by molar-refractivity contribution is 7.97. The lowest BCUT2D eigenvalue weighted by molar-refractivity contribution is -0.933. The molecule has 0 aromatic heterocycles. The number of piperidine rings is 1. The van der Waals surface area contributed by atoms with Crippen molar-refractivity contribution in [2.75, 3.05) is 53.2 Å². The number of nitrogens with zero attached hydrogens (tertiary/aromatic N) is 4. The number of carbonyl (C=O) groups excluding carboxylic acids is 1. The van der Waals surface area contributed by atoms with E-state index >= 15 is 0 Å². The maximum absolute atomic E-state index is 12.5. The zero-order valence-corrected chi connectivity index (χ0v) is 25.0. The predicted molar refractivity (Wildman–Crippen MR) is 154 cm³/mol. The van der Waals surface area contributed by atoms with Crippen LogP contribution in [0.2, 0.25) is 0 Å². The molecule has 2 aliphatic heterocycles. The van der Waals surface area contributed by atoms with Crippen molar-refractivity contribution in [3.05, 3.63) is 0 Å². The fourth-order valence-corrected chi connectivity index (χ4v) is 5.14. The summed E-state index contributed by atoms with van der Waals surface area (Å²) in [6.45, 7) is 15.8. The average molecular weight is 528 g/mol. The smallest absolute Gasteiger partial charge is 0.248 e. The Hall–Kier alpha value is -1.12. The standard InChI is InChI=1S/C26H49N4O3S.C2H6/c1-5-6-7-12-19-33-24(3)28-34-27-23(2)20-25-13-17-30(4,18-14-25)22-32-21-26(31)29-15-10-8-9-11-16-29;1-2/h25H,5-22H2,1-4H3;1-2H3/q+1;/b27-23+,28-24+;. The molecule has 2 saturated heterocycles. The first-order valence-corrected chi connectivity index (χ1v) is 15.2. The molecule has 0 aromatic carbocycles. The molecule has 8 heteroatoms. The molecule has 0 saturated carbocycles. The lowest BCUT2D eigenvalue weighted by Gasteiger charge is -2.40. The fourth-order valence-electron chi connectivity index (χ4n) is 4.72. The molecule has 0 N–H and O–H groups in total. The van der Waals surface area contributed by atoms with Crippen molar-refractivity contribution < 1.29 is 18.8 Å². The molecule has 0 spiro atoms. The monoisotopic (exact) mass is 527 g/mol. The zero-order chi connectivity index (χ0) is 26.7. The lowest BCUT2D eigenvalue weighted by Crippen LogP contribution is -2.51. The van der Waals surface area contributed by atoms with Gasteiger partial charge < -0.3 is 18.9 Å². The first-order chi connectivity index (χ1) is 17.4. The van der Waals surface area contributed by atoms with Crippen LogP contribution in [-0.2, 0) is 14.3 Å². The Morgan fingerprint density at radius 1 is 1.00 bits per heavy atom. The van der Waals surface area contributed by atoms with E-state index in [0.29, 0.717) is 18.5 Å². The summed E-state index contributed by atoms with van der Waals surface area (Å²) < 4.78 is 21.4. The van der Waals surface area contributed by atoms with Crippen LogP contribution in [0.15, 0.2) is 8.80 Å². The maximum atomic E-state index is 12.5. The van der Waals surface area contributed by atoms with E-state index in [0.717, 1.165) is 68.7 Å². The van der Waals surface area contributed by atoms with Crippen LogP contribution in [0.3, 0.4) is 0 Å². The molecule has 0 atom stereocenters. The van der Waals surface area contributed by atoms with Gasteiger partial charge in [0.2, 0.25) is 5.91 Å². The van der Waals surface area contributed by atoms with Gasteiger partial charge in [0, 0.05) is 38.6 Å². The molecule has 0 aromatic rings. The summed E-state index contributed by atoms with van der Waals surface area (Å²) in [7, 11) is 2.25. The van der Waals surface area contributed by atoms with E-state index in [2.05, 4.69) is 29.7 Å². The third-order valence-electron chi connectivity index (χ3n) is 7.00. The normalized spacial score (nSPS) is 23.5. The molecular weight excluding hydrogens is 472 g/mol. The molecule has 2 fully saturated rings. The second-order valence-electron chi connectivity index (χ2n) is 10.4. The minimum atomic E-state index is 0.160. The Bertz CT molecular complexity index is 641. The number of unbranched alkanes of at least 4 members (excludes halogenated alkanes) is 3. The van der Waals surface area contributed by atoms with Gasteiger partial charge in [0.25, 0.3) is 0 Å². The highest BCUT2D eigenvalue weighted by Gasteiger charge is 2.30. The van der Waals surface area contributed by atoms with Gasteiger partial charge in [-0.2, -0.15) is 4.40 Å². The zero-order valence-electron chi connectivity index (χ0n) is 24.2. The van der Waals surface area contributed by atoms with Crippen molar-refractivity contribution in [1.29, 1.82) is 0 Å². The molecule has 1 amide bonds. The summed E-state index contributed by atoms with van der Waals surface area (Å²) in [4.78, 5) is 14.4. The van der Waals surface area contributed by atoms with E-state index in [1.165, 1.54) is 57.1 Å². The van der Waals surface area contributed by atoms with Crippen LogP contribution < -0.4 is 0 Å². The Morgan fingerprint density at radius 2 is 1.67 bits per heavy atom. The minimum Gasteiger partial charge on any atom is -0.481 e. The van der Waals surface area contributed by atoms with Gasteiger partial charge in [-0.25, -0.2) is 4.40 Å². The predicted octanol–water partition coefficient (Wildman–Crippen LogP) is 6.68. The van der Waals surface area contributed by atoms with Crippen LogP contribution in [0.1, 0.15) is 105 Å². The largest absolute Gasteiger partial charge is 0.481 e. The lowest BCUT2D eigenvalue weighted by atomic mass is 9.91. The number of likely N-dealkylation sites (tertiary alicyclic amines) is 2. The van der Waals surface area contributed by atoms with Gasteiger partial charge in [0.05, 0.1) is 26.7 Å². The highest BCUT2D eigenvalue weighted by atomic mass is 32.2. The molecule has 2 heterocycles. The third-order valence-corrected chi connectivity index (χ3v) is 7.73. The molecule has 0 unspecified atom stereocenters. The third kappa shape index (κ3) is 14.6. The second kappa shape index (κ2) is 19.9. The van der Waals surface area contributed by atoms with E-state index in [4.69, 9.17) is 9.47 Å². The van der Waals surface area contributed by atoms with Gasteiger partial charge >= 0.3 is 0 Å². The number of hydrogen-bond acceptors (Lipinski definition) is 6. The Balaban J connectivity index is 0.00000316. The summed E-state index contributed by atoms with van der Waals surface area (Å²) >= 11 is 1.24. The fraction of sp³-hybridized carbons (Fsp3) is 0.893. The Morgan fingerprint density at radius 3 is 2.31 bits per heavy atom. The molecule has 2 aliphatic rings. The number of amides is 1. The summed E-state index contributed by atoms with van der Waals surface area (Å²) in [6, 6.07) is 0. The highest BCUT2D eigenvalue weighted by Crippen LogP contribution is 2.25. The van der Waals surface area contributed by atoms with Crippen LogP contribution in [0.5, 0.6) is 0 Å².